The fourth-order valence-corrected chi connectivity index (χ4v) is 3.44. The van der Waals surface area contributed by atoms with E-state index in [1.54, 1.807) is 0 Å². The van der Waals surface area contributed by atoms with Crippen LogP contribution < -0.4 is 29.6 Å². The van der Waals surface area contributed by atoms with Gasteiger partial charge in [0.05, 0.1) is 10.1 Å². The van der Waals surface area contributed by atoms with Crippen molar-refractivity contribution in [3.05, 3.63) is 12.2 Å². The molecule has 0 aromatic heterocycles. The van der Waals surface area contributed by atoms with Crippen LogP contribution in [-0.4, -0.2) is 18.7 Å². The molecule has 0 amide bonds. The zero-order chi connectivity index (χ0) is 17.9. The van der Waals surface area contributed by atoms with Crippen LogP contribution in [-0.2, 0) is 10.1 Å². The minimum Gasteiger partial charge on any atom is -0.748 e. The third kappa shape index (κ3) is 27.0. The first-order valence-corrected chi connectivity index (χ1v) is 11.7. The molecule has 0 aliphatic rings. The molecule has 0 atom stereocenters. The van der Waals surface area contributed by atoms with Gasteiger partial charge in [-0.25, -0.2) is 8.42 Å². The molecule has 0 aromatic carbocycles. The van der Waals surface area contributed by atoms with Crippen LogP contribution in [0.4, 0.5) is 0 Å². The summed E-state index contributed by atoms with van der Waals surface area (Å²) in [5.41, 5.74) is 0. The molecule has 0 saturated carbocycles. The van der Waals surface area contributed by atoms with E-state index < -0.39 is 10.1 Å². The van der Waals surface area contributed by atoms with E-state index in [9.17, 15) is 13.0 Å². The van der Waals surface area contributed by atoms with Crippen molar-refractivity contribution in [2.24, 2.45) is 0 Å². The molecule has 144 valence electrons. The second-order valence-corrected chi connectivity index (χ2v) is 8.43. The molecule has 0 unspecified atom stereocenters. The Morgan fingerprint density at radius 3 is 1.40 bits per heavy atom. The zero-order valence-corrected chi connectivity index (χ0v) is 19.6. The molecule has 0 bridgehead atoms. The minimum absolute atomic E-state index is 0. The monoisotopic (exact) mass is 382 g/mol. The summed E-state index contributed by atoms with van der Waals surface area (Å²) in [7, 11) is -4.00. The van der Waals surface area contributed by atoms with E-state index in [4.69, 9.17) is 0 Å². The van der Waals surface area contributed by atoms with E-state index >= 15 is 0 Å². The fraction of sp³-hybridized carbons (Fsp3) is 0.900. The van der Waals surface area contributed by atoms with E-state index in [0.717, 1.165) is 19.3 Å². The molecular formula is C20H39NaO3S. The van der Waals surface area contributed by atoms with Crippen LogP contribution in [0, 0.1) is 0 Å². The summed E-state index contributed by atoms with van der Waals surface area (Å²) < 4.78 is 31.3. The molecule has 5 heteroatoms. The number of rotatable bonds is 18. The average Bonchev–Trinajstić information content (AvgIpc) is 2.52. The molecule has 0 rings (SSSR count). The SMILES string of the molecule is CCCCCCCC/C=C\CCCCCCCCCCS(=O)(=O)[O-].[Na+]. The van der Waals surface area contributed by atoms with E-state index in [1.165, 1.54) is 77.0 Å². The first kappa shape index (κ1) is 27.9. The van der Waals surface area contributed by atoms with Gasteiger partial charge in [-0.15, -0.1) is 0 Å². The molecule has 0 saturated heterocycles. The van der Waals surface area contributed by atoms with Gasteiger partial charge in [0.25, 0.3) is 0 Å². The predicted molar refractivity (Wildman–Crippen MR) is 103 cm³/mol. The molecule has 0 heterocycles. The van der Waals surface area contributed by atoms with E-state index in [2.05, 4.69) is 19.1 Å². The van der Waals surface area contributed by atoms with E-state index in [1.807, 2.05) is 0 Å². The van der Waals surface area contributed by atoms with Gasteiger partial charge in [0.1, 0.15) is 0 Å². The van der Waals surface area contributed by atoms with Crippen molar-refractivity contribution in [1.29, 1.82) is 0 Å². The first-order chi connectivity index (χ1) is 11.6. The summed E-state index contributed by atoms with van der Waals surface area (Å²) in [5, 5.41) is 0. The maximum absolute atomic E-state index is 10.4. The van der Waals surface area contributed by atoms with Crippen LogP contribution in [0.3, 0.4) is 0 Å². The molecule has 3 nitrogen and oxygen atoms in total. The first-order valence-electron chi connectivity index (χ1n) is 10.1. The zero-order valence-electron chi connectivity index (χ0n) is 16.8. The summed E-state index contributed by atoms with van der Waals surface area (Å²) in [6, 6.07) is 0. The molecule has 0 spiro atoms. The quantitative estimate of drug-likeness (QED) is 0.158. The van der Waals surface area contributed by atoms with Crippen molar-refractivity contribution in [3.63, 3.8) is 0 Å². The Labute approximate surface area is 179 Å². The minimum atomic E-state index is -4.00. The predicted octanol–water partition coefficient (Wildman–Crippen LogP) is 3.35. The van der Waals surface area contributed by atoms with Gasteiger partial charge in [-0.1, -0.05) is 89.7 Å². The van der Waals surface area contributed by atoms with Crippen molar-refractivity contribution in [2.75, 3.05) is 5.75 Å². The Balaban J connectivity index is 0. The molecule has 0 radical (unpaired) electrons. The molecule has 25 heavy (non-hydrogen) atoms. The molecule has 0 fully saturated rings. The summed E-state index contributed by atoms with van der Waals surface area (Å²) >= 11 is 0. The van der Waals surface area contributed by atoms with E-state index in [-0.39, 0.29) is 35.3 Å². The molecular weight excluding hydrogens is 343 g/mol. The van der Waals surface area contributed by atoms with Crippen molar-refractivity contribution in [1.82, 2.24) is 0 Å². The average molecular weight is 383 g/mol. The third-order valence-electron chi connectivity index (χ3n) is 4.41. The van der Waals surface area contributed by atoms with Crippen molar-refractivity contribution in [2.45, 2.75) is 110 Å². The second kappa shape index (κ2) is 21.0. The van der Waals surface area contributed by atoms with Gasteiger partial charge >= 0.3 is 29.6 Å². The van der Waals surface area contributed by atoms with Gasteiger partial charge < -0.3 is 4.55 Å². The summed E-state index contributed by atoms with van der Waals surface area (Å²) in [6.45, 7) is 2.26. The van der Waals surface area contributed by atoms with Crippen molar-refractivity contribution < 1.29 is 42.5 Å². The largest absolute Gasteiger partial charge is 1.00 e. The number of hydrogen-bond acceptors (Lipinski definition) is 3. The third-order valence-corrected chi connectivity index (χ3v) is 5.19. The Bertz CT molecular complexity index is 380. The van der Waals surface area contributed by atoms with Crippen LogP contribution in [0.1, 0.15) is 110 Å². The Morgan fingerprint density at radius 1 is 0.640 bits per heavy atom. The normalized spacial score (nSPS) is 11.8. The number of allylic oxidation sites excluding steroid dienone is 2. The van der Waals surface area contributed by atoms with Gasteiger partial charge in [-0.05, 0) is 32.1 Å². The van der Waals surface area contributed by atoms with E-state index in [0.29, 0.717) is 6.42 Å². The standard InChI is InChI=1S/C20H40O3S.Na/c1-2-3-4-5-6-7-8-9-10-11-12-13-14-15-16-17-18-19-20-24(21,22)23;/h9-10H,2-8,11-20H2,1H3,(H,21,22,23);/q;+1/p-1/b10-9-;. The number of hydrogen-bond donors (Lipinski definition) is 0. The maximum atomic E-state index is 10.4. The molecule has 0 aromatic rings. The van der Waals surface area contributed by atoms with Crippen molar-refractivity contribution >= 4 is 10.1 Å². The van der Waals surface area contributed by atoms with Gasteiger partial charge in [-0.3, -0.25) is 0 Å². The molecule has 0 N–H and O–H groups in total. The van der Waals surface area contributed by atoms with Crippen molar-refractivity contribution in [3.8, 4) is 0 Å². The van der Waals surface area contributed by atoms with Crippen LogP contribution in [0.15, 0.2) is 12.2 Å². The van der Waals surface area contributed by atoms with Gasteiger partial charge in [0.15, 0.2) is 0 Å². The molecule has 0 aliphatic carbocycles. The Morgan fingerprint density at radius 2 is 1.00 bits per heavy atom. The Hall–Kier alpha value is 0.650. The molecule has 0 aliphatic heterocycles. The topological polar surface area (TPSA) is 57.2 Å². The number of unbranched alkanes of at least 4 members (excludes halogenated alkanes) is 14. The summed E-state index contributed by atoms with van der Waals surface area (Å²) in [5.74, 6) is -0.196. The van der Waals surface area contributed by atoms with Gasteiger partial charge in [0.2, 0.25) is 0 Å². The second-order valence-electron chi connectivity index (χ2n) is 6.91. The summed E-state index contributed by atoms with van der Waals surface area (Å²) in [4.78, 5) is 0. The fourth-order valence-electron chi connectivity index (χ4n) is 2.88. The van der Waals surface area contributed by atoms with Gasteiger partial charge in [0, 0.05) is 5.75 Å². The van der Waals surface area contributed by atoms with Crippen LogP contribution >= 0.6 is 0 Å². The van der Waals surface area contributed by atoms with Gasteiger partial charge in [-0.2, -0.15) is 0 Å². The van der Waals surface area contributed by atoms with Crippen LogP contribution in [0.5, 0.6) is 0 Å². The smallest absolute Gasteiger partial charge is 0.748 e. The van der Waals surface area contributed by atoms with Crippen LogP contribution in [0.2, 0.25) is 0 Å². The maximum Gasteiger partial charge on any atom is 1.00 e. The Kier molecular flexibility index (Phi) is 23.4. The van der Waals surface area contributed by atoms with Crippen LogP contribution in [0.25, 0.3) is 0 Å². The summed E-state index contributed by atoms with van der Waals surface area (Å²) in [6.07, 6.45) is 24.0.